The molecular formula is C17H16F3N3. The Bertz CT molecular complexity index is 843. The van der Waals surface area contributed by atoms with Crippen LogP contribution < -0.4 is 0 Å². The lowest BCUT2D eigenvalue weighted by molar-refractivity contribution is -0.142. The number of halogens is 3. The summed E-state index contributed by atoms with van der Waals surface area (Å²) in [6.45, 7) is 5.50. The first-order chi connectivity index (χ1) is 10.7. The van der Waals surface area contributed by atoms with E-state index in [-0.39, 0.29) is 5.65 Å². The Morgan fingerprint density at radius 1 is 0.957 bits per heavy atom. The van der Waals surface area contributed by atoms with E-state index >= 15 is 0 Å². The van der Waals surface area contributed by atoms with Crippen LogP contribution in [0.25, 0.3) is 16.9 Å². The van der Waals surface area contributed by atoms with Gasteiger partial charge in [-0.05, 0) is 6.07 Å². The van der Waals surface area contributed by atoms with E-state index in [1.165, 1.54) is 0 Å². The minimum atomic E-state index is -4.50. The molecule has 3 aromatic rings. The maximum Gasteiger partial charge on any atom is 0.433 e. The van der Waals surface area contributed by atoms with Gasteiger partial charge in [-0.1, -0.05) is 51.1 Å². The van der Waals surface area contributed by atoms with Gasteiger partial charge < -0.3 is 0 Å². The molecular weight excluding hydrogens is 303 g/mol. The van der Waals surface area contributed by atoms with Crippen LogP contribution in [0.2, 0.25) is 0 Å². The van der Waals surface area contributed by atoms with Gasteiger partial charge in [-0.25, -0.2) is 9.50 Å². The van der Waals surface area contributed by atoms with Crippen molar-refractivity contribution in [2.75, 3.05) is 0 Å². The molecule has 0 aliphatic rings. The minimum Gasteiger partial charge on any atom is -0.233 e. The van der Waals surface area contributed by atoms with Crippen molar-refractivity contribution in [1.29, 1.82) is 0 Å². The number of hydrogen-bond donors (Lipinski definition) is 0. The summed E-state index contributed by atoms with van der Waals surface area (Å²) in [7, 11) is 0. The van der Waals surface area contributed by atoms with Crippen LogP contribution in [0, 0.1) is 0 Å². The second-order valence-corrected chi connectivity index (χ2v) is 6.44. The summed E-state index contributed by atoms with van der Waals surface area (Å²) in [6.07, 6.45) is -4.50. The molecule has 0 aliphatic heterocycles. The molecule has 0 atom stereocenters. The van der Waals surface area contributed by atoms with E-state index in [2.05, 4.69) is 10.1 Å². The number of benzene rings is 1. The van der Waals surface area contributed by atoms with Crippen LogP contribution in [0.15, 0.2) is 42.5 Å². The highest BCUT2D eigenvalue weighted by molar-refractivity contribution is 5.64. The molecule has 0 radical (unpaired) electrons. The Morgan fingerprint density at radius 2 is 1.61 bits per heavy atom. The molecule has 0 bridgehead atoms. The number of aromatic nitrogens is 3. The molecule has 0 saturated heterocycles. The van der Waals surface area contributed by atoms with Crippen molar-refractivity contribution in [1.82, 2.24) is 14.6 Å². The normalized spacial score (nSPS) is 12.8. The van der Waals surface area contributed by atoms with Crippen molar-refractivity contribution < 1.29 is 13.2 Å². The lowest BCUT2D eigenvalue weighted by atomic mass is 9.91. The van der Waals surface area contributed by atoms with Crippen LogP contribution in [0.1, 0.15) is 32.2 Å². The number of alkyl halides is 3. The van der Waals surface area contributed by atoms with E-state index in [4.69, 9.17) is 0 Å². The van der Waals surface area contributed by atoms with Gasteiger partial charge in [0.2, 0.25) is 0 Å². The van der Waals surface area contributed by atoms with Crippen LogP contribution in [-0.2, 0) is 11.6 Å². The molecule has 0 fully saturated rings. The zero-order chi connectivity index (χ0) is 16.8. The van der Waals surface area contributed by atoms with Crippen molar-refractivity contribution in [2.45, 2.75) is 32.4 Å². The predicted molar refractivity (Wildman–Crippen MR) is 82.1 cm³/mol. The van der Waals surface area contributed by atoms with Gasteiger partial charge in [-0.3, -0.25) is 0 Å². The Balaban J connectivity index is 2.28. The third-order valence-electron chi connectivity index (χ3n) is 3.56. The first-order valence-electron chi connectivity index (χ1n) is 7.20. The lowest BCUT2D eigenvalue weighted by Crippen LogP contribution is -2.19. The third kappa shape index (κ3) is 2.93. The second kappa shape index (κ2) is 5.08. The van der Waals surface area contributed by atoms with Crippen molar-refractivity contribution in [3.8, 4) is 11.3 Å². The van der Waals surface area contributed by atoms with Crippen LogP contribution in [0.3, 0.4) is 0 Å². The highest BCUT2D eigenvalue weighted by atomic mass is 19.4. The molecule has 3 rings (SSSR count). The minimum absolute atomic E-state index is 0.198. The van der Waals surface area contributed by atoms with Gasteiger partial charge in [0, 0.05) is 17.0 Å². The second-order valence-electron chi connectivity index (χ2n) is 6.44. The SMILES string of the molecule is CC(C)(C)c1cc(C(F)(F)F)n2nc(-c3ccccc3)cc2n1. The Kier molecular flexibility index (Phi) is 3.43. The monoisotopic (exact) mass is 319 g/mol. The Hall–Kier alpha value is -2.37. The standard InChI is InChI=1S/C17H16F3N3/c1-16(2,3)13-10-14(17(18,19)20)23-15(21-13)9-12(22-23)11-7-5-4-6-8-11/h4-10H,1-3H3. The molecule has 0 spiro atoms. The average molecular weight is 319 g/mol. The molecule has 0 N–H and O–H groups in total. The number of fused-ring (bicyclic) bond motifs is 1. The predicted octanol–water partition coefficient (Wildman–Crippen LogP) is 4.71. The van der Waals surface area contributed by atoms with E-state index < -0.39 is 17.3 Å². The molecule has 2 heterocycles. The van der Waals surface area contributed by atoms with Gasteiger partial charge >= 0.3 is 6.18 Å². The lowest BCUT2D eigenvalue weighted by Gasteiger charge is -2.19. The first-order valence-corrected chi connectivity index (χ1v) is 7.20. The van der Waals surface area contributed by atoms with Crippen molar-refractivity contribution >= 4 is 5.65 Å². The molecule has 120 valence electrons. The maximum absolute atomic E-state index is 13.4. The maximum atomic E-state index is 13.4. The van der Waals surface area contributed by atoms with Crippen LogP contribution in [-0.4, -0.2) is 14.6 Å². The molecule has 2 aromatic heterocycles. The van der Waals surface area contributed by atoms with Crippen molar-refractivity contribution in [3.05, 3.63) is 53.9 Å². The largest absolute Gasteiger partial charge is 0.433 e. The molecule has 6 heteroatoms. The van der Waals surface area contributed by atoms with Crippen LogP contribution in [0.4, 0.5) is 13.2 Å². The summed E-state index contributed by atoms with van der Waals surface area (Å²) in [6, 6.07) is 11.8. The van der Waals surface area contributed by atoms with E-state index in [9.17, 15) is 13.2 Å². The van der Waals surface area contributed by atoms with Crippen molar-refractivity contribution in [3.63, 3.8) is 0 Å². The van der Waals surface area contributed by atoms with Gasteiger partial charge in [0.25, 0.3) is 0 Å². The number of rotatable bonds is 1. The Morgan fingerprint density at radius 3 is 2.17 bits per heavy atom. The molecule has 1 aromatic carbocycles. The number of hydrogen-bond acceptors (Lipinski definition) is 2. The quantitative estimate of drug-likeness (QED) is 0.650. The highest BCUT2D eigenvalue weighted by Crippen LogP contribution is 2.33. The van der Waals surface area contributed by atoms with E-state index in [0.717, 1.165) is 16.1 Å². The molecule has 0 aliphatic carbocycles. The van der Waals surface area contributed by atoms with Gasteiger partial charge in [0.05, 0.1) is 11.4 Å². The third-order valence-corrected chi connectivity index (χ3v) is 3.56. The highest BCUT2D eigenvalue weighted by Gasteiger charge is 2.36. The summed E-state index contributed by atoms with van der Waals surface area (Å²) in [5.74, 6) is 0. The van der Waals surface area contributed by atoms with Crippen molar-refractivity contribution in [2.24, 2.45) is 0 Å². The fourth-order valence-corrected chi connectivity index (χ4v) is 2.31. The summed E-state index contributed by atoms with van der Waals surface area (Å²) < 4.78 is 41.1. The van der Waals surface area contributed by atoms with Crippen LogP contribution in [0.5, 0.6) is 0 Å². The molecule has 3 nitrogen and oxygen atoms in total. The topological polar surface area (TPSA) is 30.2 Å². The molecule has 0 unspecified atom stereocenters. The first kappa shape index (κ1) is 15.5. The smallest absolute Gasteiger partial charge is 0.233 e. The van der Waals surface area contributed by atoms with Crippen LogP contribution >= 0.6 is 0 Å². The zero-order valence-electron chi connectivity index (χ0n) is 13.0. The van der Waals surface area contributed by atoms with E-state index in [1.807, 2.05) is 39.0 Å². The molecule has 23 heavy (non-hydrogen) atoms. The fraction of sp³-hybridized carbons (Fsp3) is 0.294. The summed E-state index contributed by atoms with van der Waals surface area (Å²) in [5.41, 5.74) is 0.506. The molecule has 0 saturated carbocycles. The fourth-order valence-electron chi connectivity index (χ4n) is 2.31. The summed E-state index contributed by atoms with van der Waals surface area (Å²) in [4.78, 5) is 4.37. The van der Waals surface area contributed by atoms with E-state index in [1.54, 1.807) is 18.2 Å². The molecule has 0 amide bonds. The summed E-state index contributed by atoms with van der Waals surface area (Å²) in [5, 5.41) is 4.11. The van der Waals surface area contributed by atoms with E-state index in [0.29, 0.717) is 11.4 Å². The van der Waals surface area contributed by atoms with Gasteiger partial charge in [0.15, 0.2) is 5.65 Å². The number of nitrogens with zero attached hydrogens (tertiary/aromatic N) is 3. The Labute approximate surface area is 131 Å². The van der Waals surface area contributed by atoms with Gasteiger partial charge in [0.1, 0.15) is 5.69 Å². The zero-order valence-corrected chi connectivity index (χ0v) is 13.0. The van der Waals surface area contributed by atoms with Gasteiger partial charge in [-0.15, -0.1) is 0 Å². The summed E-state index contributed by atoms with van der Waals surface area (Å²) >= 11 is 0. The van der Waals surface area contributed by atoms with Gasteiger partial charge in [-0.2, -0.15) is 18.3 Å². The average Bonchev–Trinajstić information content (AvgIpc) is 2.89.